The van der Waals surface area contributed by atoms with E-state index in [2.05, 4.69) is 10.3 Å². The highest BCUT2D eigenvalue weighted by molar-refractivity contribution is 14.1. The standard InChI is InChI=1S/C14H17F5IN3/c1-8(2)23(9(3)4)22-21-12-10(6-5-7-11(12)20)13(15,16)14(17,18)19/h5-9H,1-4H3. The molecule has 3 nitrogen and oxygen atoms in total. The first kappa shape index (κ1) is 20.0. The van der Waals surface area contributed by atoms with Gasteiger partial charge in [0.05, 0.1) is 5.56 Å². The molecule has 0 unspecified atom stereocenters. The second-order valence-electron chi connectivity index (χ2n) is 5.47. The van der Waals surface area contributed by atoms with Crippen LogP contribution in [-0.4, -0.2) is 23.3 Å². The number of nitrogens with zero attached hydrogens (tertiary/aromatic N) is 3. The van der Waals surface area contributed by atoms with Crippen molar-refractivity contribution in [3.63, 3.8) is 0 Å². The van der Waals surface area contributed by atoms with Gasteiger partial charge in [-0.2, -0.15) is 22.0 Å². The topological polar surface area (TPSA) is 28.0 Å². The molecule has 0 saturated carbocycles. The summed E-state index contributed by atoms with van der Waals surface area (Å²) in [5.41, 5.74) is -1.67. The Morgan fingerprint density at radius 3 is 1.96 bits per heavy atom. The van der Waals surface area contributed by atoms with Gasteiger partial charge in [0.1, 0.15) is 5.69 Å². The second kappa shape index (κ2) is 7.27. The Bertz CT molecular complexity index is 562. The number of benzene rings is 1. The number of alkyl halides is 5. The Balaban J connectivity index is 3.38. The van der Waals surface area contributed by atoms with Gasteiger partial charge in [-0.1, -0.05) is 17.4 Å². The average Bonchev–Trinajstić information content (AvgIpc) is 2.38. The second-order valence-corrected chi connectivity index (χ2v) is 6.63. The third kappa shape index (κ3) is 4.51. The minimum atomic E-state index is -5.70. The fourth-order valence-corrected chi connectivity index (χ4v) is 2.53. The zero-order valence-electron chi connectivity index (χ0n) is 13.0. The van der Waals surface area contributed by atoms with Crippen LogP contribution >= 0.6 is 22.6 Å². The molecule has 0 bridgehead atoms. The summed E-state index contributed by atoms with van der Waals surface area (Å²) in [6.45, 7) is 7.28. The molecule has 0 spiro atoms. The lowest BCUT2D eigenvalue weighted by atomic mass is 10.1. The van der Waals surface area contributed by atoms with E-state index in [4.69, 9.17) is 0 Å². The summed E-state index contributed by atoms with van der Waals surface area (Å²) in [6.07, 6.45) is -5.70. The van der Waals surface area contributed by atoms with Crippen molar-refractivity contribution in [1.29, 1.82) is 0 Å². The van der Waals surface area contributed by atoms with E-state index in [0.29, 0.717) is 0 Å². The van der Waals surface area contributed by atoms with Crippen LogP contribution < -0.4 is 0 Å². The van der Waals surface area contributed by atoms with Gasteiger partial charge < -0.3 is 0 Å². The van der Waals surface area contributed by atoms with Crippen LogP contribution in [0.3, 0.4) is 0 Å². The third-order valence-electron chi connectivity index (χ3n) is 2.99. The highest BCUT2D eigenvalue weighted by Gasteiger charge is 2.59. The Morgan fingerprint density at radius 2 is 1.52 bits per heavy atom. The maximum atomic E-state index is 13.7. The first-order valence-electron chi connectivity index (χ1n) is 6.83. The molecule has 1 aromatic rings. The van der Waals surface area contributed by atoms with Crippen LogP contribution in [0.2, 0.25) is 0 Å². The summed E-state index contributed by atoms with van der Waals surface area (Å²) in [7, 11) is 0. The molecule has 130 valence electrons. The van der Waals surface area contributed by atoms with Crippen LogP contribution in [0.1, 0.15) is 33.3 Å². The molecule has 0 heterocycles. The van der Waals surface area contributed by atoms with Crippen molar-refractivity contribution in [3.8, 4) is 0 Å². The van der Waals surface area contributed by atoms with Crippen molar-refractivity contribution in [2.24, 2.45) is 10.3 Å². The van der Waals surface area contributed by atoms with Crippen LogP contribution in [0.5, 0.6) is 0 Å². The van der Waals surface area contributed by atoms with E-state index in [0.717, 1.165) is 12.1 Å². The lowest BCUT2D eigenvalue weighted by Gasteiger charge is -2.26. The Kier molecular flexibility index (Phi) is 6.33. The molecule has 0 fully saturated rings. The maximum Gasteiger partial charge on any atom is 0.458 e. The summed E-state index contributed by atoms with van der Waals surface area (Å²) in [5, 5.41) is 9.08. The molecular weight excluding hydrogens is 432 g/mol. The predicted molar refractivity (Wildman–Crippen MR) is 85.7 cm³/mol. The van der Waals surface area contributed by atoms with Gasteiger partial charge in [0, 0.05) is 15.7 Å². The molecular formula is C14H17F5IN3. The maximum absolute atomic E-state index is 13.7. The molecule has 1 aromatic carbocycles. The zero-order valence-corrected chi connectivity index (χ0v) is 15.2. The molecule has 23 heavy (non-hydrogen) atoms. The van der Waals surface area contributed by atoms with Gasteiger partial charge in [-0.25, -0.2) is 0 Å². The van der Waals surface area contributed by atoms with E-state index >= 15 is 0 Å². The van der Waals surface area contributed by atoms with Crippen LogP contribution in [0.25, 0.3) is 0 Å². The van der Waals surface area contributed by atoms with E-state index in [9.17, 15) is 22.0 Å². The van der Waals surface area contributed by atoms with E-state index in [1.807, 2.05) is 27.7 Å². The minimum absolute atomic E-state index is 0.0771. The van der Waals surface area contributed by atoms with Crippen molar-refractivity contribution in [2.45, 2.75) is 51.9 Å². The van der Waals surface area contributed by atoms with Gasteiger partial charge in [0.25, 0.3) is 0 Å². The van der Waals surface area contributed by atoms with Crippen molar-refractivity contribution in [3.05, 3.63) is 27.3 Å². The third-order valence-corrected chi connectivity index (χ3v) is 3.86. The smallest absolute Gasteiger partial charge is 0.273 e. The highest BCUT2D eigenvalue weighted by Crippen LogP contribution is 2.48. The van der Waals surface area contributed by atoms with Gasteiger partial charge in [-0.15, -0.1) is 5.11 Å². The van der Waals surface area contributed by atoms with Gasteiger partial charge in [-0.05, 0) is 56.4 Å². The monoisotopic (exact) mass is 449 g/mol. The molecule has 0 aromatic heterocycles. The number of hydrogen-bond donors (Lipinski definition) is 0. The first-order valence-corrected chi connectivity index (χ1v) is 7.91. The summed E-state index contributed by atoms with van der Waals surface area (Å²) in [4.78, 5) is 0. The summed E-state index contributed by atoms with van der Waals surface area (Å²) < 4.78 is 65.5. The first-order chi connectivity index (χ1) is 10.4. The van der Waals surface area contributed by atoms with E-state index < -0.39 is 23.3 Å². The van der Waals surface area contributed by atoms with Gasteiger partial charge in [0.15, 0.2) is 0 Å². The van der Waals surface area contributed by atoms with Crippen molar-refractivity contribution < 1.29 is 22.0 Å². The average molecular weight is 449 g/mol. The molecule has 0 amide bonds. The summed E-state index contributed by atoms with van der Waals surface area (Å²) in [6, 6.07) is 3.11. The van der Waals surface area contributed by atoms with Crippen molar-refractivity contribution >= 4 is 28.3 Å². The van der Waals surface area contributed by atoms with Gasteiger partial charge in [-0.3, -0.25) is 5.01 Å². The molecule has 0 aliphatic heterocycles. The largest absolute Gasteiger partial charge is 0.458 e. The van der Waals surface area contributed by atoms with Gasteiger partial charge in [0.2, 0.25) is 0 Å². The van der Waals surface area contributed by atoms with Gasteiger partial charge >= 0.3 is 12.1 Å². The quantitative estimate of drug-likeness (QED) is 0.232. The van der Waals surface area contributed by atoms with Crippen molar-refractivity contribution in [1.82, 2.24) is 5.01 Å². The SMILES string of the molecule is CC(C)N(N=Nc1c(I)cccc1C(F)(F)C(F)(F)F)C(C)C. The molecule has 0 atom stereocenters. The predicted octanol–water partition coefficient (Wildman–Crippen LogP) is 6.06. The number of hydrogen-bond acceptors (Lipinski definition) is 2. The minimum Gasteiger partial charge on any atom is -0.273 e. The Labute approximate surface area is 145 Å². The number of rotatable bonds is 5. The van der Waals surface area contributed by atoms with E-state index in [1.54, 1.807) is 22.6 Å². The fourth-order valence-electron chi connectivity index (χ4n) is 1.92. The molecule has 9 heteroatoms. The van der Waals surface area contributed by atoms with E-state index in [-0.39, 0.29) is 15.7 Å². The van der Waals surface area contributed by atoms with Crippen molar-refractivity contribution in [2.75, 3.05) is 0 Å². The molecule has 0 N–H and O–H groups in total. The zero-order chi connectivity index (χ0) is 18.0. The summed E-state index contributed by atoms with van der Waals surface area (Å²) >= 11 is 1.66. The van der Waals surface area contributed by atoms with Crippen LogP contribution in [0, 0.1) is 3.57 Å². The highest BCUT2D eigenvalue weighted by atomic mass is 127. The molecule has 0 aliphatic carbocycles. The van der Waals surface area contributed by atoms with E-state index in [1.165, 1.54) is 11.1 Å². The van der Waals surface area contributed by atoms with Crippen LogP contribution in [0.15, 0.2) is 28.5 Å². The lowest BCUT2D eigenvalue weighted by molar-refractivity contribution is -0.289. The van der Waals surface area contributed by atoms with Crippen LogP contribution in [-0.2, 0) is 5.92 Å². The lowest BCUT2D eigenvalue weighted by Crippen LogP contribution is -2.34. The molecule has 0 saturated heterocycles. The van der Waals surface area contributed by atoms with Crippen LogP contribution in [0.4, 0.5) is 27.6 Å². The molecule has 0 radical (unpaired) electrons. The Morgan fingerprint density at radius 1 is 1.00 bits per heavy atom. The fraction of sp³-hybridized carbons (Fsp3) is 0.571. The number of halogens is 6. The summed E-state index contributed by atoms with van der Waals surface area (Å²) in [5.74, 6) is -5.00. The normalized spacial score (nSPS) is 13.4. The molecule has 1 rings (SSSR count). The Hall–Kier alpha value is -1.00. The molecule has 0 aliphatic rings.